The summed E-state index contributed by atoms with van der Waals surface area (Å²) in [6.07, 6.45) is 0. The molecule has 0 heterocycles. The maximum atomic E-state index is 12.6. The topological polar surface area (TPSA) is 103 Å². The molecule has 1 amide bonds. The van der Waals surface area contributed by atoms with Crippen LogP contribution in [0.2, 0.25) is 0 Å². The van der Waals surface area contributed by atoms with Crippen LogP contribution < -0.4 is 19.5 Å². The van der Waals surface area contributed by atoms with Crippen LogP contribution in [0.4, 0.5) is 5.69 Å². The second-order valence-electron chi connectivity index (χ2n) is 5.45. The van der Waals surface area contributed by atoms with Crippen molar-refractivity contribution in [1.29, 1.82) is 0 Å². The highest BCUT2D eigenvalue weighted by Gasteiger charge is 2.17. The van der Waals surface area contributed by atoms with Gasteiger partial charge in [-0.3, -0.25) is 9.52 Å². The Bertz CT molecular complexity index is 881. The monoisotopic (exact) mass is 394 g/mol. The number of carbonyl (C=O) groups is 1. The Morgan fingerprint density at radius 2 is 1.63 bits per heavy atom. The summed E-state index contributed by atoms with van der Waals surface area (Å²) in [6, 6.07) is 10.4. The molecule has 27 heavy (non-hydrogen) atoms. The third-order valence-corrected chi connectivity index (χ3v) is 5.04. The fourth-order valence-electron chi connectivity index (χ4n) is 2.26. The lowest BCUT2D eigenvalue weighted by atomic mass is 10.2. The first kappa shape index (κ1) is 20.5. The Balaban J connectivity index is 2.12. The van der Waals surface area contributed by atoms with Crippen LogP contribution in [0.1, 0.15) is 10.4 Å². The van der Waals surface area contributed by atoms with Gasteiger partial charge in [-0.2, -0.15) is 0 Å². The van der Waals surface area contributed by atoms with Gasteiger partial charge in [0.25, 0.3) is 15.9 Å². The van der Waals surface area contributed by atoms with Crippen molar-refractivity contribution in [3.05, 3.63) is 48.0 Å². The van der Waals surface area contributed by atoms with E-state index in [1.165, 1.54) is 56.7 Å². The summed E-state index contributed by atoms with van der Waals surface area (Å²) >= 11 is 0. The van der Waals surface area contributed by atoms with E-state index in [4.69, 9.17) is 14.2 Å². The summed E-state index contributed by atoms with van der Waals surface area (Å²) in [5, 5.41) is 2.69. The first-order valence-electron chi connectivity index (χ1n) is 8.03. The summed E-state index contributed by atoms with van der Waals surface area (Å²) in [7, 11) is 0.621. The van der Waals surface area contributed by atoms with Crippen molar-refractivity contribution in [2.45, 2.75) is 4.90 Å². The predicted octanol–water partition coefficient (Wildman–Crippen LogP) is 1.88. The molecule has 0 fully saturated rings. The molecule has 0 aliphatic rings. The lowest BCUT2D eigenvalue weighted by molar-refractivity contribution is 0.0937. The van der Waals surface area contributed by atoms with Crippen molar-refractivity contribution in [2.24, 2.45) is 0 Å². The van der Waals surface area contributed by atoms with E-state index in [1.807, 2.05) is 0 Å². The largest absolute Gasteiger partial charge is 0.493 e. The quantitative estimate of drug-likeness (QED) is 0.630. The number of benzene rings is 2. The normalized spacial score (nSPS) is 10.9. The molecule has 0 saturated carbocycles. The van der Waals surface area contributed by atoms with Gasteiger partial charge in [0.2, 0.25) is 0 Å². The number of methoxy groups -OCH3 is 3. The van der Waals surface area contributed by atoms with Gasteiger partial charge in [0.15, 0.2) is 11.5 Å². The molecule has 0 unspecified atom stereocenters. The molecule has 2 aromatic carbocycles. The Morgan fingerprint density at radius 1 is 0.963 bits per heavy atom. The zero-order valence-corrected chi connectivity index (χ0v) is 16.1. The maximum Gasteiger partial charge on any atom is 0.262 e. The minimum atomic E-state index is -3.82. The van der Waals surface area contributed by atoms with Crippen LogP contribution in [0.25, 0.3) is 0 Å². The molecule has 0 bridgehead atoms. The van der Waals surface area contributed by atoms with Crippen LogP contribution in [0, 0.1) is 0 Å². The Morgan fingerprint density at radius 3 is 2.22 bits per heavy atom. The highest BCUT2D eigenvalue weighted by molar-refractivity contribution is 7.92. The summed E-state index contributed by atoms with van der Waals surface area (Å²) in [6.45, 7) is 0.804. The van der Waals surface area contributed by atoms with Crippen molar-refractivity contribution >= 4 is 21.6 Å². The number of amides is 1. The molecule has 0 aliphatic heterocycles. The second kappa shape index (κ2) is 9.24. The van der Waals surface area contributed by atoms with E-state index in [1.54, 1.807) is 7.11 Å². The van der Waals surface area contributed by atoms with Crippen molar-refractivity contribution in [2.75, 3.05) is 39.2 Å². The Hall–Kier alpha value is -2.78. The Kier molecular flexibility index (Phi) is 7.03. The molecule has 0 aliphatic carbocycles. The smallest absolute Gasteiger partial charge is 0.262 e. The molecule has 2 N–H and O–H groups in total. The van der Waals surface area contributed by atoms with Gasteiger partial charge in [-0.1, -0.05) is 0 Å². The van der Waals surface area contributed by atoms with E-state index in [0.29, 0.717) is 35.9 Å². The number of rotatable bonds is 9. The van der Waals surface area contributed by atoms with Crippen LogP contribution in [0.15, 0.2) is 47.4 Å². The number of ether oxygens (including phenoxy) is 3. The fraction of sp³-hybridized carbons (Fsp3) is 0.278. The summed E-state index contributed by atoms with van der Waals surface area (Å²) in [5.41, 5.74) is 0.749. The van der Waals surface area contributed by atoms with Crippen LogP contribution in [0.3, 0.4) is 0 Å². The molecular formula is C18H22N2O6S. The number of hydrogen-bond acceptors (Lipinski definition) is 6. The van der Waals surface area contributed by atoms with Gasteiger partial charge in [-0.05, 0) is 36.4 Å². The minimum Gasteiger partial charge on any atom is -0.493 e. The summed E-state index contributed by atoms with van der Waals surface area (Å²) in [5.74, 6) is 0.477. The lowest BCUT2D eigenvalue weighted by Gasteiger charge is -2.12. The number of hydrogen-bond donors (Lipinski definition) is 2. The van der Waals surface area contributed by atoms with Gasteiger partial charge in [0.1, 0.15) is 0 Å². The fourth-order valence-corrected chi connectivity index (χ4v) is 3.33. The third kappa shape index (κ3) is 5.35. The summed E-state index contributed by atoms with van der Waals surface area (Å²) < 4.78 is 42.7. The van der Waals surface area contributed by atoms with Crippen molar-refractivity contribution < 1.29 is 27.4 Å². The molecule has 2 aromatic rings. The average molecular weight is 394 g/mol. The van der Waals surface area contributed by atoms with E-state index in [0.717, 1.165) is 0 Å². The molecule has 0 radical (unpaired) electrons. The molecular weight excluding hydrogens is 372 g/mol. The number of nitrogens with one attached hydrogen (secondary N) is 2. The first-order chi connectivity index (χ1) is 12.9. The van der Waals surface area contributed by atoms with Crippen molar-refractivity contribution in [1.82, 2.24) is 5.32 Å². The average Bonchev–Trinajstić information content (AvgIpc) is 2.67. The highest BCUT2D eigenvalue weighted by atomic mass is 32.2. The minimum absolute atomic E-state index is 0.0292. The van der Waals surface area contributed by atoms with E-state index in [9.17, 15) is 13.2 Å². The van der Waals surface area contributed by atoms with Crippen molar-refractivity contribution in [3.63, 3.8) is 0 Å². The van der Waals surface area contributed by atoms with Gasteiger partial charge in [0.05, 0.1) is 25.7 Å². The van der Waals surface area contributed by atoms with Gasteiger partial charge in [-0.15, -0.1) is 0 Å². The Labute approximate surface area is 158 Å². The van der Waals surface area contributed by atoms with E-state index in [-0.39, 0.29) is 10.8 Å². The van der Waals surface area contributed by atoms with Gasteiger partial charge in [0, 0.05) is 31.0 Å². The zero-order chi connectivity index (χ0) is 19.9. The van der Waals surface area contributed by atoms with E-state index >= 15 is 0 Å². The lowest BCUT2D eigenvalue weighted by Crippen LogP contribution is -2.26. The van der Waals surface area contributed by atoms with Crippen LogP contribution in [0.5, 0.6) is 11.5 Å². The van der Waals surface area contributed by atoms with Crippen molar-refractivity contribution in [3.8, 4) is 11.5 Å². The second-order valence-corrected chi connectivity index (χ2v) is 7.13. The molecule has 0 aromatic heterocycles. The van der Waals surface area contributed by atoms with Crippen LogP contribution >= 0.6 is 0 Å². The highest BCUT2D eigenvalue weighted by Crippen LogP contribution is 2.30. The van der Waals surface area contributed by atoms with Crippen LogP contribution in [-0.4, -0.2) is 48.8 Å². The molecule has 146 valence electrons. The molecule has 8 nitrogen and oxygen atoms in total. The maximum absolute atomic E-state index is 12.6. The molecule has 0 spiro atoms. The first-order valence-corrected chi connectivity index (χ1v) is 9.51. The standard InChI is InChI=1S/C18H22N2O6S/c1-24-11-10-19-18(21)13-4-6-14(7-5-13)20-27(22,23)15-8-9-16(25-2)17(12-15)26-3/h4-9,12,20H,10-11H2,1-3H3,(H,19,21). The van der Waals surface area contributed by atoms with Gasteiger partial charge in [-0.25, -0.2) is 8.42 Å². The zero-order valence-electron chi connectivity index (χ0n) is 15.3. The molecule has 0 atom stereocenters. The molecule has 2 rings (SSSR count). The molecule has 0 saturated heterocycles. The summed E-state index contributed by atoms with van der Waals surface area (Å²) in [4.78, 5) is 12.0. The van der Waals surface area contributed by atoms with E-state index in [2.05, 4.69) is 10.0 Å². The number of anilines is 1. The van der Waals surface area contributed by atoms with Gasteiger partial charge < -0.3 is 19.5 Å². The SMILES string of the molecule is COCCNC(=O)c1ccc(NS(=O)(=O)c2ccc(OC)c(OC)c2)cc1. The molecule has 9 heteroatoms. The van der Waals surface area contributed by atoms with Gasteiger partial charge >= 0.3 is 0 Å². The van der Waals surface area contributed by atoms with E-state index < -0.39 is 10.0 Å². The number of sulfonamides is 1. The van der Waals surface area contributed by atoms with Crippen LogP contribution in [-0.2, 0) is 14.8 Å². The predicted molar refractivity (Wildman–Crippen MR) is 101 cm³/mol. The third-order valence-electron chi connectivity index (χ3n) is 3.66. The number of carbonyl (C=O) groups excluding carboxylic acids is 1.